The fourth-order valence-electron chi connectivity index (χ4n) is 2.97. The first-order valence-electron chi connectivity index (χ1n) is 8.53. The average molecular weight is 370 g/mol. The van der Waals surface area contributed by atoms with Gasteiger partial charge in [0.2, 0.25) is 0 Å². The maximum atomic E-state index is 13.2. The number of carbonyl (C=O) groups is 1. The third-order valence-electron chi connectivity index (χ3n) is 4.44. The van der Waals surface area contributed by atoms with E-state index in [2.05, 4.69) is 9.88 Å². The molecule has 0 unspecified atom stereocenters. The highest BCUT2D eigenvalue weighted by atomic mass is 19.2. The second-order valence-corrected chi connectivity index (χ2v) is 6.40. The molecule has 0 saturated heterocycles. The Hall–Kier alpha value is -2.99. The van der Waals surface area contributed by atoms with Crippen LogP contribution < -0.4 is 5.32 Å². The quantitative estimate of drug-likeness (QED) is 0.717. The summed E-state index contributed by atoms with van der Waals surface area (Å²) in [7, 11) is 0. The molecule has 0 bridgehead atoms. The van der Waals surface area contributed by atoms with E-state index in [-0.39, 0.29) is 18.0 Å². The van der Waals surface area contributed by atoms with Gasteiger partial charge in [-0.3, -0.25) is 4.79 Å². The number of aromatic nitrogens is 1. The van der Waals surface area contributed by atoms with E-state index in [9.17, 15) is 18.7 Å². The molecule has 0 aliphatic carbocycles. The molecule has 0 radical (unpaired) electrons. The molecule has 0 fully saturated rings. The van der Waals surface area contributed by atoms with Crippen LogP contribution in [0.1, 0.15) is 33.4 Å². The van der Waals surface area contributed by atoms with Crippen LogP contribution >= 0.6 is 0 Å². The van der Waals surface area contributed by atoms with Gasteiger partial charge in [-0.2, -0.15) is 0 Å². The lowest BCUT2D eigenvalue weighted by molar-refractivity contribution is 0.0916. The van der Waals surface area contributed by atoms with Crippen molar-refractivity contribution in [3.05, 3.63) is 88.7 Å². The van der Waals surface area contributed by atoms with Crippen LogP contribution in [0.5, 0.6) is 0 Å². The molecule has 2 aromatic carbocycles. The van der Waals surface area contributed by atoms with Gasteiger partial charge in [0.1, 0.15) is 0 Å². The molecule has 1 atom stereocenters. The second-order valence-electron chi connectivity index (χ2n) is 6.40. The van der Waals surface area contributed by atoms with Crippen LogP contribution in [-0.2, 0) is 0 Å². The van der Waals surface area contributed by atoms with Gasteiger partial charge in [0.05, 0.1) is 6.10 Å². The fourth-order valence-corrected chi connectivity index (χ4v) is 2.97. The van der Waals surface area contributed by atoms with E-state index >= 15 is 0 Å². The van der Waals surface area contributed by atoms with Crippen molar-refractivity contribution in [1.82, 2.24) is 9.88 Å². The van der Waals surface area contributed by atoms with Crippen LogP contribution in [0, 0.1) is 25.5 Å². The van der Waals surface area contributed by atoms with Crippen molar-refractivity contribution in [1.29, 1.82) is 0 Å². The summed E-state index contributed by atoms with van der Waals surface area (Å²) in [4.78, 5) is 12.3. The van der Waals surface area contributed by atoms with Gasteiger partial charge in [0, 0.05) is 29.2 Å². The lowest BCUT2D eigenvalue weighted by Crippen LogP contribution is -2.28. The second kappa shape index (κ2) is 7.72. The fraction of sp³-hybridized carbons (Fsp3) is 0.190. The van der Waals surface area contributed by atoms with Crippen LogP contribution in [-0.4, -0.2) is 22.1 Å². The lowest BCUT2D eigenvalue weighted by Gasteiger charge is -2.13. The van der Waals surface area contributed by atoms with Crippen LogP contribution in [0.4, 0.5) is 8.78 Å². The van der Waals surface area contributed by atoms with Gasteiger partial charge in [0.25, 0.3) is 5.91 Å². The first-order valence-corrected chi connectivity index (χ1v) is 8.53. The molecule has 27 heavy (non-hydrogen) atoms. The minimum absolute atomic E-state index is 0.110. The molecule has 6 heteroatoms. The van der Waals surface area contributed by atoms with Crippen LogP contribution in [0.3, 0.4) is 0 Å². The maximum Gasteiger partial charge on any atom is 0.251 e. The number of amides is 1. The zero-order valence-electron chi connectivity index (χ0n) is 15.0. The molecule has 3 aromatic rings. The van der Waals surface area contributed by atoms with Gasteiger partial charge >= 0.3 is 0 Å². The van der Waals surface area contributed by atoms with Gasteiger partial charge in [-0.05, 0) is 67.9 Å². The number of aliphatic hydroxyl groups excluding tert-OH is 1. The minimum atomic E-state index is -1.13. The summed E-state index contributed by atoms with van der Waals surface area (Å²) in [5, 5.41) is 12.7. The summed E-state index contributed by atoms with van der Waals surface area (Å²) in [5.41, 5.74) is 3.79. The van der Waals surface area contributed by atoms with Gasteiger partial charge in [0.15, 0.2) is 11.6 Å². The van der Waals surface area contributed by atoms with Crippen molar-refractivity contribution in [2.75, 3.05) is 6.54 Å². The molecule has 4 nitrogen and oxygen atoms in total. The molecule has 0 spiro atoms. The predicted molar refractivity (Wildman–Crippen MR) is 98.9 cm³/mol. The van der Waals surface area contributed by atoms with Crippen molar-refractivity contribution in [3.63, 3.8) is 0 Å². The van der Waals surface area contributed by atoms with Gasteiger partial charge in [-0.15, -0.1) is 0 Å². The minimum Gasteiger partial charge on any atom is -0.387 e. The van der Waals surface area contributed by atoms with E-state index in [0.29, 0.717) is 5.56 Å². The number of aryl methyl sites for hydroxylation is 2. The summed E-state index contributed by atoms with van der Waals surface area (Å²) in [6, 6.07) is 14.3. The number of nitrogens with zero attached hydrogens (tertiary/aromatic N) is 1. The van der Waals surface area contributed by atoms with E-state index in [4.69, 9.17) is 0 Å². The zero-order valence-corrected chi connectivity index (χ0v) is 15.0. The standard InChI is InChI=1S/C21H20F2N2O2/c1-13-3-4-14(2)25(13)17-8-5-15(6-9-17)21(27)24-12-20(26)16-7-10-18(22)19(23)11-16/h3-11,20,26H,12H2,1-2H3,(H,24,27)/t20-/m0/s1. The van der Waals surface area contributed by atoms with Crippen molar-refractivity contribution >= 4 is 5.91 Å². The maximum absolute atomic E-state index is 13.2. The lowest BCUT2D eigenvalue weighted by atomic mass is 10.1. The Labute approximate surface area is 156 Å². The smallest absolute Gasteiger partial charge is 0.251 e. The molecule has 1 aromatic heterocycles. The molecule has 3 rings (SSSR count). The van der Waals surface area contributed by atoms with Crippen molar-refractivity contribution < 1.29 is 18.7 Å². The Morgan fingerprint density at radius 1 is 1.00 bits per heavy atom. The van der Waals surface area contributed by atoms with Crippen LogP contribution in [0.25, 0.3) is 5.69 Å². The molecule has 0 aliphatic heterocycles. The Morgan fingerprint density at radius 3 is 2.22 bits per heavy atom. The number of nitrogens with one attached hydrogen (secondary N) is 1. The van der Waals surface area contributed by atoms with E-state index in [1.807, 2.05) is 38.1 Å². The van der Waals surface area contributed by atoms with Crippen molar-refractivity contribution in [3.8, 4) is 5.69 Å². The Bertz CT molecular complexity index is 945. The Balaban J connectivity index is 1.65. The summed E-state index contributed by atoms with van der Waals surface area (Å²) in [6.07, 6.45) is -1.13. The molecule has 140 valence electrons. The molecule has 1 heterocycles. The van der Waals surface area contributed by atoms with E-state index in [1.54, 1.807) is 12.1 Å². The number of hydrogen-bond donors (Lipinski definition) is 2. The first kappa shape index (κ1) is 18.8. The third-order valence-corrected chi connectivity index (χ3v) is 4.44. The van der Waals surface area contributed by atoms with Gasteiger partial charge in [-0.1, -0.05) is 6.07 Å². The predicted octanol–water partition coefficient (Wildman–Crippen LogP) is 3.84. The number of hydrogen-bond acceptors (Lipinski definition) is 2. The molecule has 1 amide bonds. The highest BCUT2D eigenvalue weighted by Crippen LogP contribution is 2.18. The number of carbonyl (C=O) groups excluding carboxylic acids is 1. The van der Waals surface area contributed by atoms with E-state index in [1.165, 1.54) is 6.07 Å². The van der Waals surface area contributed by atoms with Crippen LogP contribution in [0.2, 0.25) is 0 Å². The number of benzene rings is 2. The number of halogens is 2. The van der Waals surface area contributed by atoms with E-state index < -0.39 is 17.7 Å². The molecular formula is C21H20F2N2O2. The van der Waals surface area contributed by atoms with E-state index in [0.717, 1.165) is 29.2 Å². The highest BCUT2D eigenvalue weighted by Gasteiger charge is 2.13. The highest BCUT2D eigenvalue weighted by molar-refractivity contribution is 5.94. The first-order chi connectivity index (χ1) is 12.9. The molecule has 0 aliphatic rings. The molecule has 2 N–H and O–H groups in total. The molecular weight excluding hydrogens is 350 g/mol. The summed E-state index contributed by atoms with van der Waals surface area (Å²) in [5.74, 6) is -2.38. The normalized spacial score (nSPS) is 12.0. The monoisotopic (exact) mass is 370 g/mol. The third kappa shape index (κ3) is 4.06. The molecule has 0 saturated carbocycles. The zero-order chi connectivity index (χ0) is 19.6. The Kier molecular flexibility index (Phi) is 5.37. The Morgan fingerprint density at radius 2 is 1.63 bits per heavy atom. The van der Waals surface area contributed by atoms with Gasteiger partial charge in [-0.25, -0.2) is 8.78 Å². The van der Waals surface area contributed by atoms with Crippen molar-refractivity contribution in [2.24, 2.45) is 0 Å². The summed E-state index contributed by atoms with van der Waals surface area (Å²) < 4.78 is 28.3. The van der Waals surface area contributed by atoms with Gasteiger partial charge < -0.3 is 15.0 Å². The average Bonchev–Trinajstić information content (AvgIpc) is 3.00. The summed E-state index contributed by atoms with van der Waals surface area (Å²) >= 11 is 0. The largest absolute Gasteiger partial charge is 0.387 e. The SMILES string of the molecule is Cc1ccc(C)n1-c1ccc(C(=O)NC[C@H](O)c2ccc(F)c(F)c2)cc1. The number of rotatable bonds is 5. The summed E-state index contributed by atoms with van der Waals surface area (Å²) in [6.45, 7) is 3.90. The number of aliphatic hydroxyl groups is 1. The van der Waals surface area contributed by atoms with Crippen LogP contribution in [0.15, 0.2) is 54.6 Å². The van der Waals surface area contributed by atoms with Crippen molar-refractivity contribution in [2.45, 2.75) is 20.0 Å². The topological polar surface area (TPSA) is 54.3 Å².